The van der Waals surface area contributed by atoms with Crippen molar-refractivity contribution < 1.29 is 13.9 Å². The van der Waals surface area contributed by atoms with E-state index >= 15 is 0 Å². The number of carbonyl (C=O) groups is 1. The zero-order valence-corrected chi connectivity index (χ0v) is 14.1. The van der Waals surface area contributed by atoms with Crippen LogP contribution < -0.4 is 0 Å². The fourth-order valence-electron chi connectivity index (χ4n) is 1.92. The molecule has 0 atom stereocenters. The van der Waals surface area contributed by atoms with Crippen molar-refractivity contribution >= 4 is 33.4 Å². The molecule has 3 aromatic rings. The average Bonchev–Trinajstić information content (AvgIpc) is 3.04. The van der Waals surface area contributed by atoms with Crippen molar-refractivity contribution in [1.29, 1.82) is 0 Å². The lowest BCUT2D eigenvalue weighted by atomic mass is 10.1. The molecule has 0 aliphatic heterocycles. The summed E-state index contributed by atoms with van der Waals surface area (Å²) < 4.78 is 23.1. The molecule has 116 valence electrons. The maximum absolute atomic E-state index is 13.0. The summed E-state index contributed by atoms with van der Waals surface area (Å²) in [6, 6.07) is 13.2. The molecule has 0 amide bonds. The van der Waals surface area contributed by atoms with Crippen LogP contribution in [-0.4, -0.2) is 15.6 Å². The van der Waals surface area contributed by atoms with Crippen molar-refractivity contribution in [3.05, 3.63) is 69.3 Å². The van der Waals surface area contributed by atoms with Gasteiger partial charge < -0.3 is 4.74 Å². The number of hydrogen-bond donors (Lipinski definition) is 0. The van der Waals surface area contributed by atoms with Gasteiger partial charge in [0.05, 0.1) is 0 Å². The first-order valence-corrected chi connectivity index (χ1v) is 8.20. The molecule has 0 saturated heterocycles. The number of hydrogen-bond acceptors (Lipinski definition) is 5. The Morgan fingerprint density at radius 1 is 1.13 bits per heavy atom. The molecule has 0 spiro atoms. The van der Waals surface area contributed by atoms with Crippen molar-refractivity contribution in [3.63, 3.8) is 0 Å². The van der Waals surface area contributed by atoms with E-state index < -0.39 is 5.97 Å². The Bertz CT molecular complexity index is 819. The van der Waals surface area contributed by atoms with Crippen molar-refractivity contribution in [3.8, 4) is 11.3 Å². The first-order chi connectivity index (χ1) is 11.1. The van der Waals surface area contributed by atoms with Gasteiger partial charge >= 0.3 is 5.97 Å². The van der Waals surface area contributed by atoms with E-state index in [-0.39, 0.29) is 12.4 Å². The van der Waals surface area contributed by atoms with Gasteiger partial charge in [0.15, 0.2) is 4.88 Å². The minimum absolute atomic E-state index is 0.160. The van der Waals surface area contributed by atoms with Crippen LogP contribution in [0.3, 0.4) is 0 Å². The Morgan fingerprint density at radius 3 is 2.52 bits per heavy atom. The zero-order chi connectivity index (χ0) is 16.2. The molecule has 0 unspecified atom stereocenters. The van der Waals surface area contributed by atoms with E-state index in [2.05, 4.69) is 25.5 Å². The van der Waals surface area contributed by atoms with Crippen LogP contribution in [-0.2, 0) is 11.3 Å². The Kier molecular flexibility index (Phi) is 4.78. The molecule has 4 nitrogen and oxygen atoms in total. The van der Waals surface area contributed by atoms with Crippen molar-refractivity contribution in [1.82, 2.24) is 9.59 Å². The first kappa shape index (κ1) is 15.8. The smallest absolute Gasteiger partial charge is 0.352 e. The third kappa shape index (κ3) is 3.80. The molecular formula is C16H10BrFN2O2S. The predicted molar refractivity (Wildman–Crippen MR) is 88.6 cm³/mol. The van der Waals surface area contributed by atoms with E-state index in [1.165, 1.54) is 12.1 Å². The van der Waals surface area contributed by atoms with Crippen LogP contribution in [0.2, 0.25) is 0 Å². The van der Waals surface area contributed by atoms with E-state index in [1.807, 2.05) is 24.3 Å². The highest BCUT2D eigenvalue weighted by atomic mass is 79.9. The van der Waals surface area contributed by atoms with Crippen LogP contribution in [0.4, 0.5) is 4.39 Å². The highest BCUT2D eigenvalue weighted by Gasteiger charge is 2.19. The molecule has 7 heteroatoms. The Hall–Kier alpha value is -2.12. The first-order valence-electron chi connectivity index (χ1n) is 6.63. The maximum Gasteiger partial charge on any atom is 0.352 e. The SMILES string of the molecule is O=C(OCc1ccc(Br)cc1)c1snnc1-c1ccc(F)cc1. The molecule has 0 radical (unpaired) electrons. The largest absolute Gasteiger partial charge is 0.457 e. The van der Waals surface area contributed by atoms with Gasteiger partial charge in [-0.05, 0) is 53.5 Å². The summed E-state index contributed by atoms with van der Waals surface area (Å²) in [4.78, 5) is 12.5. The third-order valence-corrected chi connectivity index (χ3v) is 4.31. The zero-order valence-electron chi connectivity index (χ0n) is 11.7. The van der Waals surface area contributed by atoms with Crippen molar-refractivity contribution in [2.24, 2.45) is 0 Å². The van der Waals surface area contributed by atoms with Crippen LogP contribution in [0.5, 0.6) is 0 Å². The van der Waals surface area contributed by atoms with Crippen LogP contribution in [0.15, 0.2) is 53.0 Å². The van der Waals surface area contributed by atoms with Crippen molar-refractivity contribution in [2.45, 2.75) is 6.61 Å². The van der Waals surface area contributed by atoms with E-state index in [0.29, 0.717) is 16.1 Å². The third-order valence-electron chi connectivity index (χ3n) is 3.07. The number of aromatic nitrogens is 2. The molecule has 0 bridgehead atoms. The molecule has 2 aromatic carbocycles. The summed E-state index contributed by atoms with van der Waals surface area (Å²) in [7, 11) is 0. The van der Waals surface area contributed by atoms with Crippen molar-refractivity contribution in [2.75, 3.05) is 0 Å². The van der Waals surface area contributed by atoms with Crippen LogP contribution >= 0.6 is 27.5 Å². The normalized spacial score (nSPS) is 10.5. The Labute approximate surface area is 144 Å². The van der Waals surface area contributed by atoms with Crippen LogP contribution in [0.25, 0.3) is 11.3 Å². The molecule has 0 fully saturated rings. The standard InChI is InChI=1S/C16H10BrFN2O2S/c17-12-5-1-10(2-6-12)9-22-16(21)15-14(19-20-23-15)11-3-7-13(18)8-4-11/h1-8H,9H2. The number of esters is 1. The summed E-state index contributed by atoms with van der Waals surface area (Å²) in [6.07, 6.45) is 0. The predicted octanol–water partition coefficient (Wildman–Crippen LogP) is 4.46. The molecular weight excluding hydrogens is 383 g/mol. The van der Waals surface area contributed by atoms with Gasteiger partial charge in [0.2, 0.25) is 0 Å². The Morgan fingerprint density at radius 2 is 1.83 bits per heavy atom. The van der Waals surface area contributed by atoms with Gasteiger partial charge in [0.1, 0.15) is 18.1 Å². The van der Waals surface area contributed by atoms with Gasteiger partial charge in [-0.25, -0.2) is 9.18 Å². The lowest BCUT2D eigenvalue weighted by molar-refractivity contribution is 0.0479. The minimum Gasteiger partial charge on any atom is -0.457 e. The summed E-state index contributed by atoms with van der Waals surface area (Å²) in [6.45, 7) is 0.160. The lowest BCUT2D eigenvalue weighted by Gasteiger charge is -2.05. The van der Waals surface area contributed by atoms with Crippen LogP contribution in [0.1, 0.15) is 15.2 Å². The molecule has 0 N–H and O–H groups in total. The highest BCUT2D eigenvalue weighted by molar-refractivity contribution is 9.10. The number of carbonyl (C=O) groups excluding carboxylic acids is 1. The van der Waals surface area contributed by atoms with Gasteiger partial charge in [0, 0.05) is 10.0 Å². The molecule has 3 rings (SSSR count). The second kappa shape index (κ2) is 6.97. The minimum atomic E-state index is -0.498. The second-order valence-corrected chi connectivity index (χ2v) is 6.33. The monoisotopic (exact) mass is 392 g/mol. The number of nitrogens with zero attached hydrogens (tertiary/aromatic N) is 2. The number of rotatable bonds is 4. The van der Waals surface area contributed by atoms with E-state index in [9.17, 15) is 9.18 Å². The molecule has 0 aliphatic rings. The second-order valence-electron chi connectivity index (χ2n) is 4.66. The summed E-state index contributed by atoms with van der Waals surface area (Å²) in [5, 5.41) is 3.94. The number of halogens is 2. The van der Waals surface area contributed by atoms with Crippen LogP contribution in [0, 0.1) is 5.82 Å². The summed E-state index contributed by atoms with van der Waals surface area (Å²) in [5.41, 5.74) is 1.90. The number of benzene rings is 2. The average molecular weight is 393 g/mol. The molecule has 0 saturated carbocycles. The fourth-order valence-corrected chi connectivity index (χ4v) is 2.76. The van der Waals surface area contributed by atoms with Gasteiger partial charge in [-0.1, -0.05) is 32.6 Å². The van der Waals surface area contributed by atoms with Gasteiger partial charge in [0.25, 0.3) is 0 Å². The van der Waals surface area contributed by atoms with E-state index in [0.717, 1.165) is 21.6 Å². The van der Waals surface area contributed by atoms with E-state index in [1.54, 1.807) is 12.1 Å². The lowest BCUT2D eigenvalue weighted by Crippen LogP contribution is -2.05. The quantitative estimate of drug-likeness (QED) is 0.614. The molecule has 1 heterocycles. The fraction of sp³-hybridized carbons (Fsp3) is 0.0625. The molecule has 23 heavy (non-hydrogen) atoms. The summed E-state index contributed by atoms with van der Waals surface area (Å²) >= 11 is 4.31. The van der Waals surface area contributed by atoms with Gasteiger partial charge in [-0.2, -0.15) is 0 Å². The number of ether oxygens (including phenoxy) is 1. The molecule has 0 aliphatic carbocycles. The molecule has 1 aromatic heterocycles. The maximum atomic E-state index is 13.0. The topological polar surface area (TPSA) is 52.1 Å². The van der Waals surface area contributed by atoms with E-state index in [4.69, 9.17) is 4.74 Å². The van der Waals surface area contributed by atoms with Gasteiger partial charge in [-0.3, -0.25) is 0 Å². The summed E-state index contributed by atoms with van der Waals surface area (Å²) in [5.74, 6) is -0.849. The highest BCUT2D eigenvalue weighted by Crippen LogP contribution is 2.25. The Balaban J connectivity index is 1.74. The van der Waals surface area contributed by atoms with Gasteiger partial charge in [-0.15, -0.1) is 5.10 Å².